The number of nitrogens with one attached hydrogen (secondary N) is 1. The van der Waals surface area contributed by atoms with Gasteiger partial charge in [-0.3, -0.25) is 4.79 Å². The summed E-state index contributed by atoms with van der Waals surface area (Å²) in [6, 6.07) is 14.3. The molecule has 4 rings (SSSR count). The molecule has 1 aromatic heterocycles. The van der Waals surface area contributed by atoms with Crippen LogP contribution in [0.1, 0.15) is 39.4 Å². The lowest BCUT2D eigenvalue weighted by Gasteiger charge is -2.09. The molecule has 0 fully saturated rings. The van der Waals surface area contributed by atoms with Crippen LogP contribution in [0.3, 0.4) is 0 Å². The van der Waals surface area contributed by atoms with Crippen molar-refractivity contribution in [2.45, 2.75) is 19.3 Å². The number of hydrogen-bond donors (Lipinski definition) is 1. The van der Waals surface area contributed by atoms with Crippen LogP contribution < -0.4 is 0 Å². The number of rotatable bonds is 1. The van der Waals surface area contributed by atoms with E-state index in [1.807, 2.05) is 18.2 Å². The molecule has 1 aliphatic carbocycles. The largest absolute Gasteiger partial charge is 0.361 e. The molecule has 0 bridgehead atoms. The van der Waals surface area contributed by atoms with Crippen molar-refractivity contribution in [3.8, 4) is 0 Å². The van der Waals surface area contributed by atoms with Crippen molar-refractivity contribution in [2.24, 2.45) is 0 Å². The van der Waals surface area contributed by atoms with Gasteiger partial charge in [-0.25, -0.2) is 0 Å². The highest BCUT2D eigenvalue weighted by atomic mass is 16.1. The van der Waals surface area contributed by atoms with Gasteiger partial charge in [-0.2, -0.15) is 0 Å². The average Bonchev–Trinajstić information content (AvgIpc) is 3.02. The van der Waals surface area contributed by atoms with Gasteiger partial charge in [0.25, 0.3) is 0 Å². The third kappa shape index (κ3) is 1.48. The third-order valence-electron chi connectivity index (χ3n) is 4.36. The summed E-state index contributed by atoms with van der Waals surface area (Å²) in [5.41, 5.74) is 5.71. The fraction of sp³-hybridized carbons (Fsp3) is 0.167. The zero-order valence-corrected chi connectivity index (χ0v) is 11.3. The van der Waals surface area contributed by atoms with Crippen molar-refractivity contribution in [1.82, 2.24) is 4.98 Å². The van der Waals surface area contributed by atoms with E-state index in [9.17, 15) is 4.79 Å². The SMILES string of the molecule is Cc1cccc2c(C3CC(=O)c4ccccc43)c[nH]c12. The van der Waals surface area contributed by atoms with Crippen molar-refractivity contribution in [3.05, 3.63) is 70.9 Å². The average molecular weight is 261 g/mol. The first-order valence-corrected chi connectivity index (χ1v) is 6.94. The number of para-hydroxylation sites is 1. The van der Waals surface area contributed by atoms with E-state index in [0.29, 0.717) is 6.42 Å². The summed E-state index contributed by atoms with van der Waals surface area (Å²) in [4.78, 5) is 15.5. The lowest BCUT2D eigenvalue weighted by molar-refractivity contribution is 0.0991. The Bertz CT molecular complexity index is 828. The second-order valence-corrected chi connectivity index (χ2v) is 5.51. The zero-order valence-electron chi connectivity index (χ0n) is 11.3. The van der Waals surface area contributed by atoms with E-state index in [2.05, 4.69) is 42.4 Å². The maximum Gasteiger partial charge on any atom is 0.164 e. The van der Waals surface area contributed by atoms with Crippen LogP contribution in [0.15, 0.2) is 48.7 Å². The lowest BCUT2D eigenvalue weighted by atomic mass is 9.92. The minimum Gasteiger partial charge on any atom is -0.361 e. The Morgan fingerprint density at radius 2 is 1.90 bits per heavy atom. The topological polar surface area (TPSA) is 32.9 Å². The van der Waals surface area contributed by atoms with Crippen LogP contribution in [0.5, 0.6) is 0 Å². The Labute approximate surface area is 117 Å². The summed E-state index contributed by atoms with van der Waals surface area (Å²) >= 11 is 0. The standard InChI is InChI=1S/C18H15NO/c1-11-5-4-8-14-16(10-19-18(11)14)15-9-17(20)13-7-3-2-6-12(13)15/h2-8,10,15,19H,9H2,1H3. The Morgan fingerprint density at radius 3 is 2.80 bits per heavy atom. The molecule has 0 saturated carbocycles. The fourth-order valence-electron chi connectivity index (χ4n) is 3.35. The molecule has 0 aliphatic heterocycles. The van der Waals surface area contributed by atoms with Crippen molar-refractivity contribution in [3.63, 3.8) is 0 Å². The molecule has 1 heterocycles. The van der Waals surface area contributed by atoms with Gasteiger partial charge in [0.2, 0.25) is 0 Å². The van der Waals surface area contributed by atoms with Crippen LogP contribution >= 0.6 is 0 Å². The molecule has 2 heteroatoms. The number of ketones is 1. The van der Waals surface area contributed by atoms with Gasteiger partial charge >= 0.3 is 0 Å². The normalized spacial score (nSPS) is 17.6. The summed E-state index contributed by atoms with van der Waals surface area (Å²) in [5.74, 6) is 0.446. The molecule has 0 amide bonds. The second kappa shape index (κ2) is 4.07. The van der Waals surface area contributed by atoms with Gasteiger partial charge in [0, 0.05) is 35.0 Å². The van der Waals surface area contributed by atoms with Crippen LogP contribution in [-0.4, -0.2) is 10.8 Å². The summed E-state index contributed by atoms with van der Waals surface area (Å²) < 4.78 is 0. The molecule has 0 saturated heterocycles. The molecule has 2 aromatic carbocycles. The molecular weight excluding hydrogens is 246 g/mol. The van der Waals surface area contributed by atoms with Crippen LogP contribution in [-0.2, 0) is 0 Å². The van der Waals surface area contributed by atoms with E-state index in [-0.39, 0.29) is 11.7 Å². The number of carbonyl (C=O) groups excluding carboxylic acids is 1. The number of benzene rings is 2. The Morgan fingerprint density at radius 1 is 1.05 bits per heavy atom. The van der Waals surface area contributed by atoms with Crippen LogP contribution in [0.2, 0.25) is 0 Å². The first-order chi connectivity index (χ1) is 9.75. The maximum absolute atomic E-state index is 12.2. The van der Waals surface area contributed by atoms with Crippen LogP contribution in [0, 0.1) is 6.92 Å². The molecule has 0 spiro atoms. The van der Waals surface area contributed by atoms with E-state index >= 15 is 0 Å². The van der Waals surface area contributed by atoms with E-state index in [1.165, 1.54) is 27.6 Å². The maximum atomic E-state index is 12.2. The lowest BCUT2D eigenvalue weighted by Crippen LogP contribution is -1.95. The summed E-state index contributed by atoms with van der Waals surface area (Å²) in [7, 11) is 0. The van der Waals surface area contributed by atoms with Crippen molar-refractivity contribution in [1.29, 1.82) is 0 Å². The second-order valence-electron chi connectivity index (χ2n) is 5.51. The van der Waals surface area contributed by atoms with Gasteiger partial charge in [-0.1, -0.05) is 42.5 Å². The molecule has 3 aromatic rings. The number of aromatic amines is 1. The summed E-state index contributed by atoms with van der Waals surface area (Å²) in [6.07, 6.45) is 2.65. The van der Waals surface area contributed by atoms with Crippen LogP contribution in [0.25, 0.3) is 10.9 Å². The van der Waals surface area contributed by atoms with Gasteiger partial charge in [0.1, 0.15) is 0 Å². The zero-order chi connectivity index (χ0) is 13.7. The van der Waals surface area contributed by atoms with E-state index in [0.717, 1.165) is 5.56 Å². The van der Waals surface area contributed by atoms with E-state index in [4.69, 9.17) is 0 Å². The summed E-state index contributed by atoms with van der Waals surface area (Å²) in [6.45, 7) is 2.11. The number of aryl methyl sites for hydroxylation is 1. The van der Waals surface area contributed by atoms with Gasteiger partial charge in [0.05, 0.1) is 0 Å². The monoisotopic (exact) mass is 261 g/mol. The molecule has 98 valence electrons. The van der Waals surface area contributed by atoms with Gasteiger partial charge < -0.3 is 4.98 Å². The number of carbonyl (C=O) groups is 1. The Hall–Kier alpha value is -2.35. The van der Waals surface area contributed by atoms with Crippen molar-refractivity contribution >= 4 is 16.7 Å². The molecule has 20 heavy (non-hydrogen) atoms. The molecular formula is C18H15NO. The van der Waals surface area contributed by atoms with Gasteiger partial charge in [0.15, 0.2) is 5.78 Å². The minimum atomic E-state index is 0.189. The Balaban J connectivity index is 1.94. The number of hydrogen-bond acceptors (Lipinski definition) is 1. The Kier molecular flexibility index (Phi) is 2.34. The smallest absolute Gasteiger partial charge is 0.164 e. The highest BCUT2D eigenvalue weighted by Crippen LogP contribution is 2.40. The molecule has 1 aliphatic rings. The van der Waals surface area contributed by atoms with Gasteiger partial charge in [-0.05, 0) is 23.6 Å². The molecule has 1 atom stereocenters. The highest BCUT2D eigenvalue weighted by Gasteiger charge is 2.31. The quantitative estimate of drug-likeness (QED) is 0.699. The first-order valence-electron chi connectivity index (χ1n) is 6.94. The van der Waals surface area contributed by atoms with Crippen LogP contribution in [0.4, 0.5) is 0 Å². The molecule has 0 radical (unpaired) electrons. The predicted octanol–water partition coefficient (Wildman–Crippen LogP) is 4.19. The van der Waals surface area contributed by atoms with Gasteiger partial charge in [-0.15, -0.1) is 0 Å². The molecule has 2 nitrogen and oxygen atoms in total. The molecule has 1 unspecified atom stereocenters. The predicted molar refractivity (Wildman–Crippen MR) is 80.3 cm³/mol. The minimum absolute atomic E-state index is 0.189. The third-order valence-corrected chi connectivity index (χ3v) is 4.36. The fourth-order valence-corrected chi connectivity index (χ4v) is 3.35. The van der Waals surface area contributed by atoms with E-state index in [1.54, 1.807) is 0 Å². The number of Topliss-reactive ketones (excluding diaryl/α,β-unsaturated/α-hetero) is 1. The van der Waals surface area contributed by atoms with Crippen molar-refractivity contribution in [2.75, 3.05) is 0 Å². The number of H-pyrrole nitrogens is 1. The van der Waals surface area contributed by atoms with E-state index < -0.39 is 0 Å². The first kappa shape index (κ1) is 11.5. The highest BCUT2D eigenvalue weighted by molar-refractivity contribution is 6.02. The number of aromatic nitrogens is 1. The van der Waals surface area contributed by atoms with Crippen molar-refractivity contribution < 1.29 is 4.79 Å². The number of fused-ring (bicyclic) bond motifs is 2. The summed E-state index contributed by atoms with van der Waals surface area (Å²) in [5, 5.41) is 1.24. The molecule has 1 N–H and O–H groups in total.